The Bertz CT molecular complexity index is 948. The van der Waals surface area contributed by atoms with Gasteiger partial charge in [0.2, 0.25) is 5.78 Å². The van der Waals surface area contributed by atoms with Crippen LogP contribution in [0.5, 0.6) is 0 Å². The van der Waals surface area contributed by atoms with Gasteiger partial charge in [-0.15, -0.1) is 0 Å². The fourth-order valence-electron chi connectivity index (χ4n) is 3.09. The molecule has 28 heavy (non-hydrogen) atoms. The first kappa shape index (κ1) is 20.2. The highest BCUT2D eigenvalue weighted by atomic mass is 79.9. The third-order valence-electron chi connectivity index (χ3n) is 4.38. The molecule has 6 nitrogen and oxygen atoms in total. The number of Topliss-reactive ketones (excluding diaryl/α,β-unsaturated/α-hetero) is 1. The number of esters is 1. The van der Waals surface area contributed by atoms with Gasteiger partial charge in [0.15, 0.2) is 0 Å². The molecule has 0 aliphatic carbocycles. The van der Waals surface area contributed by atoms with Crippen molar-refractivity contribution in [2.24, 2.45) is 0 Å². The number of aliphatic hydroxyl groups excluding tert-OH is 1. The van der Waals surface area contributed by atoms with E-state index in [9.17, 15) is 19.5 Å². The highest BCUT2D eigenvalue weighted by molar-refractivity contribution is 9.10. The van der Waals surface area contributed by atoms with E-state index in [2.05, 4.69) is 21.2 Å². The molecule has 2 aromatic rings. The van der Waals surface area contributed by atoms with E-state index >= 15 is 0 Å². The summed E-state index contributed by atoms with van der Waals surface area (Å²) in [5.41, 5.74) is -2.70. The maximum Gasteiger partial charge on any atom is 0.340 e. The maximum absolute atomic E-state index is 13.4. The number of hydrogen-bond acceptors (Lipinski definition) is 5. The maximum atomic E-state index is 13.4. The predicted molar refractivity (Wildman–Crippen MR) is 106 cm³/mol. The molecule has 0 bridgehead atoms. The Morgan fingerprint density at radius 3 is 2.32 bits per heavy atom. The summed E-state index contributed by atoms with van der Waals surface area (Å²) in [7, 11) is 0. The van der Waals surface area contributed by atoms with Crippen molar-refractivity contribution in [3.05, 3.63) is 69.7 Å². The van der Waals surface area contributed by atoms with Crippen molar-refractivity contribution in [2.75, 3.05) is 0 Å². The Hall–Kier alpha value is -2.51. The van der Waals surface area contributed by atoms with Gasteiger partial charge in [-0.25, -0.2) is 4.79 Å². The van der Waals surface area contributed by atoms with E-state index in [0.29, 0.717) is 0 Å². The molecular weight excluding hydrogens is 426 g/mol. The summed E-state index contributed by atoms with van der Waals surface area (Å²) in [6.07, 6.45) is -1.65. The number of ketones is 1. The number of cyclic esters (lactones) is 1. The molecule has 0 spiro atoms. The number of carbonyl (C=O) groups is 3. The molecule has 0 aromatic heterocycles. The number of aliphatic hydroxyl groups is 1. The zero-order valence-electron chi connectivity index (χ0n) is 15.7. The summed E-state index contributed by atoms with van der Waals surface area (Å²) in [6, 6.07) is 12.5. The van der Waals surface area contributed by atoms with Gasteiger partial charge in [0.1, 0.15) is 6.10 Å². The molecule has 146 valence electrons. The average Bonchev–Trinajstić information content (AvgIpc) is 2.63. The second-order valence-corrected chi connectivity index (χ2v) is 8.57. The topological polar surface area (TPSA) is 92.7 Å². The summed E-state index contributed by atoms with van der Waals surface area (Å²) in [4.78, 5) is 39.3. The molecule has 1 amide bonds. The number of nitrogens with one attached hydrogen (secondary N) is 1. The fraction of sp³-hybridized carbons (Fsp3) is 0.286. The SMILES string of the molecule is CC(C)(C)NC(=O)[C@]1(C(=O)c2ccc(Br)cc2)OC(=O)c2ccccc2[C@H]1O. The van der Waals surface area contributed by atoms with Gasteiger partial charge in [0.25, 0.3) is 11.5 Å². The van der Waals surface area contributed by atoms with Crippen molar-refractivity contribution >= 4 is 33.6 Å². The van der Waals surface area contributed by atoms with Crippen molar-refractivity contribution in [3.63, 3.8) is 0 Å². The minimum Gasteiger partial charge on any atom is -0.433 e. The minimum atomic E-state index is -2.42. The number of fused-ring (bicyclic) bond motifs is 1. The Morgan fingerprint density at radius 1 is 1.11 bits per heavy atom. The van der Waals surface area contributed by atoms with E-state index in [4.69, 9.17) is 4.74 Å². The third-order valence-corrected chi connectivity index (χ3v) is 4.91. The number of carbonyl (C=O) groups excluding carboxylic acids is 3. The molecule has 2 atom stereocenters. The quantitative estimate of drug-likeness (QED) is 0.429. The van der Waals surface area contributed by atoms with Crippen LogP contribution in [0, 0.1) is 0 Å². The number of halogens is 1. The predicted octanol–water partition coefficient (Wildman–Crippen LogP) is 3.19. The standard InChI is InChI=1S/C21H20BrNO5/c1-20(2,3)23-19(27)21(16(24)12-8-10-13(22)11-9-12)17(25)14-6-4-5-7-15(14)18(26)28-21/h4-11,17,25H,1-3H3,(H,23,27)/t17-,21-/m1/s1. The number of rotatable bonds is 3. The van der Waals surface area contributed by atoms with Crippen molar-refractivity contribution in [1.29, 1.82) is 0 Å². The van der Waals surface area contributed by atoms with Crippen LogP contribution in [-0.4, -0.2) is 33.9 Å². The first-order chi connectivity index (χ1) is 13.1. The van der Waals surface area contributed by atoms with E-state index in [1.54, 1.807) is 45.0 Å². The van der Waals surface area contributed by atoms with Crippen LogP contribution in [0.3, 0.4) is 0 Å². The van der Waals surface area contributed by atoms with Crippen LogP contribution < -0.4 is 5.32 Å². The Balaban J connectivity index is 2.18. The monoisotopic (exact) mass is 445 g/mol. The smallest absolute Gasteiger partial charge is 0.340 e. The molecule has 2 N–H and O–H groups in total. The van der Waals surface area contributed by atoms with Crippen LogP contribution in [0.15, 0.2) is 53.0 Å². The average molecular weight is 446 g/mol. The Morgan fingerprint density at radius 2 is 1.71 bits per heavy atom. The van der Waals surface area contributed by atoms with Gasteiger partial charge in [-0.05, 0) is 39.0 Å². The van der Waals surface area contributed by atoms with Crippen LogP contribution in [0.4, 0.5) is 0 Å². The van der Waals surface area contributed by atoms with Gasteiger partial charge in [-0.3, -0.25) is 9.59 Å². The molecule has 1 heterocycles. The van der Waals surface area contributed by atoms with E-state index < -0.39 is 34.9 Å². The molecule has 1 aliphatic rings. The van der Waals surface area contributed by atoms with Crippen LogP contribution in [0.2, 0.25) is 0 Å². The molecule has 0 saturated heterocycles. The zero-order chi connectivity index (χ0) is 20.7. The van der Waals surface area contributed by atoms with Crippen LogP contribution in [-0.2, 0) is 9.53 Å². The van der Waals surface area contributed by atoms with Crippen LogP contribution >= 0.6 is 15.9 Å². The summed E-state index contributed by atoms with van der Waals surface area (Å²) in [6.45, 7) is 5.19. The number of amides is 1. The molecule has 3 rings (SSSR count). The number of hydrogen-bond donors (Lipinski definition) is 2. The number of ether oxygens (including phenoxy) is 1. The van der Waals surface area contributed by atoms with Gasteiger partial charge in [0, 0.05) is 21.1 Å². The van der Waals surface area contributed by atoms with Gasteiger partial charge in [0.05, 0.1) is 5.56 Å². The van der Waals surface area contributed by atoms with Crippen molar-refractivity contribution in [2.45, 2.75) is 38.0 Å². The van der Waals surface area contributed by atoms with Gasteiger partial charge in [-0.2, -0.15) is 0 Å². The first-order valence-corrected chi connectivity index (χ1v) is 9.49. The highest BCUT2D eigenvalue weighted by Crippen LogP contribution is 2.40. The van der Waals surface area contributed by atoms with E-state index in [-0.39, 0.29) is 16.7 Å². The Kier molecular flexibility index (Phi) is 5.16. The van der Waals surface area contributed by atoms with Crippen molar-refractivity contribution < 1.29 is 24.2 Å². The molecule has 0 saturated carbocycles. The zero-order valence-corrected chi connectivity index (χ0v) is 17.2. The largest absolute Gasteiger partial charge is 0.433 e. The molecule has 0 fully saturated rings. The molecule has 0 unspecified atom stereocenters. The third kappa shape index (κ3) is 3.47. The van der Waals surface area contributed by atoms with E-state index in [0.717, 1.165) is 4.47 Å². The minimum absolute atomic E-state index is 0.123. The summed E-state index contributed by atoms with van der Waals surface area (Å²) < 4.78 is 6.14. The summed E-state index contributed by atoms with van der Waals surface area (Å²) >= 11 is 3.29. The molecular formula is C21H20BrNO5. The van der Waals surface area contributed by atoms with Gasteiger partial charge >= 0.3 is 5.97 Å². The first-order valence-electron chi connectivity index (χ1n) is 8.69. The highest BCUT2D eigenvalue weighted by Gasteiger charge is 2.60. The second kappa shape index (κ2) is 7.14. The number of benzene rings is 2. The van der Waals surface area contributed by atoms with Crippen molar-refractivity contribution in [1.82, 2.24) is 5.32 Å². The normalized spacial score (nSPS) is 21.5. The summed E-state index contributed by atoms with van der Waals surface area (Å²) in [5, 5.41) is 13.7. The molecule has 7 heteroatoms. The van der Waals surface area contributed by atoms with Crippen molar-refractivity contribution in [3.8, 4) is 0 Å². The van der Waals surface area contributed by atoms with E-state index in [1.807, 2.05) is 0 Å². The second-order valence-electron chi connectivity index (χ2n) is 7.66. The van der Waals surface area contributed by atoms with Crippen LogP contribution in [0.1, 0.15) is 53.2 Å². The van der Waals surface area contributed by atoms with Gasteiger partial charge in [-0.1, -0.05) is 46.3 Å². The molecule has 0 radical (unpaired) electrons. The lowest BCUT2D eigenvalue weighted by Crippen LogP contribution is -2.63. The summed E-state index contributed by atoms with van der Waals surface area (Å²) in [5.74, 6) is -2.50. The Labute approximate surface area is 171 Å². The fourth-order valence-corrected chi connectivity index (χ4v) is 3.35. The molecule has 2 aromatic carbocycles. The lowest BCUT2D eigenvalue weighted by atomic mass is 9.79. The van der Waals surface area contributed by atoms with Crippen LogP contribution in [0.25, 0.3) is 0 Å². The van der Waals surface area contributed by atoms with E-state index in [1.165, 1.54) is 24.3 Å². The lowest BCUT2D eigenvalue weighted by Gasteiger charge is -2.40. The lowest BCUT2D eigenvalue weighted by molar-refractivity contribution is -0.150. The molecule has 1 aliphatic heterocycles. The van der Waals surface area contributed by atoms with Gasteiger partial charge < -0.3 is 15.2 Å².